The minimum atomic E-state index is -0.477. The standard InChI is InChI=1S/C24H32N2O2S/c1-5-19(4)25-24(28)22(6-2)26(16-20-10-8-7-9-11-20)23(27)17-29-21-14-12-18(3)13-15-21/h7-15,19,22H,5-6,16-17H2,1-4H3,(H,25,28)/t19-,22-/m1/s1. The minimum absolute atomic E-state index is 0.0226. The summed E-state index contributed by atoms with van der Waals surface area (Å²) in [6.07, 6.45) is 1.44. The van der Waals surface area contributed by atoms with Crippen LogP contribution in [0.25, 0.3) is 0 Å². The van der Waals surface area contributed by atoms with Gasteiger partial charge in [-0.25, -0.2) is 0 Å². The topological polar surface area (TPSA) is 49.4 Å². The maximum Gasteiger partial charge on any atom is 0.243 e. The minimum Gasteiger partial charge on any atom is -0.352 e. The Bertz CT molecular complexity index is 777. The predicted octanol–water partition coefficient (Wildman–Crippen LogP) is 4.81. The van der Waals surface area contributed by atoms with Gasteiger partial charge in [-0.2, -0.15) is 0 Å². The molecule has 0 aromatic heterocycles. The van der Waals surface area contributed by atoms with E-state index in [9.17, 15) is 9.59 Å². The van der Waals surface area contributed by atoms with Gasteiger partial charge in [0.15, 0.2) is 0 Å². The number of benzene rings is 2. The zero-order valence-electron chi connectivity index (χ0n) is 17.9. The molecule has 0 fully saturated rings. The molecule has 2 aromatic rings. The van der Waals surface area contributed by atoms with E-state index in [1.54, 1.807) is 4.90 Å². The average Bonchev–Trinajstić information content (AvgIpc) is 2.73. The highest BCUT2D eigenvalue weighted by atomic mass is 32.2. The van der Waals surface area contributed by atoms with E-state index >= 15 is 0 Å². The monoisotopic (exact) mass is 412 g/mol. The first-order valence-corrected chi connectivity index (χ1v) is 11.3. The largest absolute Gasteiger partial charge is 0.352 e. The van der Waals surface area contributed by atoms with Crippen molar-refractivity contribution in [3.63, 3.8) is 0 Å². The van der Waals surface area contributed by atoms with Gasteiger partial charge >= 0.3 is 0 Å². The molecule has 2 rings (SSSR count). The molecule has 0 aliphatic rings. The van der Waals surface area contributed by atoms with Crippen LogP contribution in [0.1, 0.15) is 44.7 Å². The van der Waals surface area contributed by atoms with Gasteiger partial charge < -0.3 is 10.2 Å². The highest BCUT2D eigenvalue weighted by Gasteiger charge is 2.29. The normalized spacial score (nSPS) is 12.8. The molecule has 0 aliphatic heterocycles. The van der Waals surface area contributed by atoms with Crippen LogP contribution >= 0.6 is 11.8 Å². The van der Waals surface area contributed by atoms with Crippen LogP contribution in [0.4, 0.5) is 0 Å². The molecule has 29 heavy (non-hydrogen) atoms. The van der Waals surface area contributed by atoms with Gasteiger partial charge in [-0.3, -0.25) is 9.59 Å². The first-order chi connectivity index (χ1) is 13.9. The van der Waals surface area contributed by atoms with Crippen molar-refractivity contribution in [2.75, 3.05) is 5.75 Å². The second kappa shape index (κ2) is 11.7. The maximum atomic E-state index is 13.2. The van der Waals surface area contributed by atoms with Crippen LogP contribution < -0.4 is 5.32 Å². The molecule has 0 bridgehead atoms. The lowest BCUT2D eigenvalue weighted by atomic mass is 10.1. The van der Waals surface area contributed by atoms with Gasteiger partial charge in [0, 0.05) is 17.5 Å². The zero-order valence-corrected chi connectivity index (χ0v) is 18.7. The lowest BCUT2D eigenvalue weighted by Crippen LogP contribution is -2.51. The van der Waals surface area contributed by atoms with E-state index in [0.717, 1.165) is 16.9 Å². The Morgan fingerprint density at radius 2 is 1.66 bits per heavy atom. The molecule has 156 valence electrons. The molecule has 5 heteroatoms. The predicted molar refractivity (Wildman–Crippen MR) is 121 cm³/mol. The lowest BCUT2D eigenvalue weighted by molar-refractivity contribution is -0.139. The number of carbonyl (C=O) groups is 2. The number of aryl methyl sites for hydroxylation is 1. The van der Waals surface area contributed by atoms with Crippen molar-refractivity contribution in [2.45, 2.75) is 64.1 Å². The fraction of sp³-hybridized carbons (Fsp3) is 0.417. The summed E-state index contributed by atoms with van der Waals surface area (Å²) in [6.45, 7) is 8.46. The maximum absolute atomic E-state index is 13.2. The molecular weight excluding hydrogens is 380 g/mol. The van der Waals surface area contributed by atoms with Crippen molar-refractivity contribution in [1.82, 2.24) is 10.2 Å². The summed E-state index contributed by atoms with van der Waals surface area (Å²) < 4.78 is 0. The van der Waals surface area contributed by atoms with E-state index in [1.807, 2.05) is 82.3 Å². The molecule has 0 heterocycles. The molecule has 2 aromatic carbocycles. The Balaban J connectivity index is 2.16. The smallest absolute Gasteiger partial charge is 0.243 e. The van der Waals surface area contributed by atoms with Gasteiger partial charge in [-0.15, -0.1) is 11.8 Å². The SMILES string of the molecule is CC[C@@H](C)NC(=O)[C@@H](CC)N(Cc1ccccc1)C(=O)CSc1ccc(C)cc1. The summed E-state index contributed by atoms with van der Waals surface area (Å²) in [5.74, 6) is 0.209. The second-order valence-corrected chi connectivity index (χ2v) is 8.40. The van der Waals surface area contributed by atoms with Gasteiger partial charge in [0.2, 0.25) is 11.8 Å². The van der Waals surface area contributed by atoms with E-state index in [-0.39, 0.29) is 17.9 Å². The van der Waals surface area contributed by atoms with Crippen molar-refractivity contribution in [3.8, 4) is 0 Å². The number of amides is 2. The summed E-state index contributed by atoms with van der Waals surface area (Å²) in [4.78, 5) is 28.8. The van der Waals surface area contributed by atoms with Gasteiger partial charge in [-0.1, -0.05) is 61.9 Å². The summed E-state index contributed by atoms with van der Waals surface area (Å²) in [5.41, 5.74) is 2.22. The van der Waals surface area contributed by atoms with Crippen LogP contribution in [0.5, 0.6) is 0 Å². The summed E-state index contributed by atoms with van der Waals surface area (Å²) >= 11 is 1.51. The number of hydrogen-bond acceptors (Lipinski definition) is 3. The van der Waals surface area contributed by atoms with Crippen molar-refractivity contribution in [3.05, 3.63) is 65.7 Å². The average molecular weight is 413 g/mol. The van der Waals surface area contributed by atoms with Crippen LogP contribution in [0.15, 0.2) is 59.5 Å². The van der Waals surface area contributed by atoms with Gasteiger partial charge in [0.1, 0.15) is 6.04 Å². The van der Waals surface area contributed by atoms with Gasteiger partial charge in [0.25, 0.3) is 0 Å². The molecule has 0 unspecified atom stereocenters. The number of rotatable bonds is 10. The van der Waals surface area contributed by atoms with Crippen LogP contribution in [0.2, 0.25) is 0 Å². The van der Waals surface area contributed by atoms with E-state index < -0.39 is 6.04 Å². The Morgan fingerprint density at radius 3 is 2.24 bits per heavy atom. The highest BCUT2D eigenvalue weighted by Crippen LogP contribution is 2.21. The number of nitrogens with zero attached hydrogens (tertiary/aromatic N) is 1. The number of hydrogen-bond donors (Lipinski definition) is 1. The molecule has 0 saturated carbocycles. The third kappa shape index (κ3) is 7.24. The van der Waals surface area contributed by atoms with Crippen molar-refractivity contribution < 1.29 is 9.59 Å². The van der Waals surface area contributed by atoms with Crippen molar-refractivity contribution in [2.24, 2.45) is 0 Å². The number of thioether (sulfide) groups is 1. The number of nitrogens with one attached hydrogen (secondary N) is 1. The van der Waals surface area contributed by atoms with Gasteiger partial charge in [0.05, 0.1) is 5.75 Å². The highest BCUT2D eigenvalue weighted by molar-refractivity contribution is 8.00. The van der Waals surface area contributed by atoms with Crippen LogP contribution in [-0.4, -0.2) is 34.6 Å². The van der Waals surface area contributed by atoms with Crippen molar-refractivity contribution in [1.29, 1.82) is 0 Å². The van der Waals surface area contributed by atoms with Crippen molar-refractivity contribution >= 4 is 23.6 Å². The molecular formula is C24H32N2O2S. The Hall–Kier alpha value is -2.27. The van der Waals surface area contributed by atoms with E-state index in [2.05, 4.69) is 5.32 Å². The fourth-order valence-electron chi connectivity index (χ4n) is 3.00. The summed E-state index contributed by atoms with van der Waals surface area (Å²) in [5, 5.41) is 3.04. The Labute approximate surface area is 179 Å². The molecule has 2 atom stereocenters. The van der Waals surface area contributed by atoms with Crippen LogP contribution in [0, 0.1) is 6.92 Å². The third-order valence-electron chi connectivity index (χ3n) is 4.97. The first-order valence-electron chi connectivity index (χ1n) is 10.3. The molecule has 1 N–H and O–H groups in total. The molecule has 0 radical (unpaired) electrons. The third-order valence-corrected chi connectivity index (χ3v) is 5.96. The summed E-state index contributed by atoms with van der Waals surface area (Å²) in [6, 6.07) is 17.6. The lowest BCUT2D eigenvalue weighted by Gasteiger charge is -2.31. The van der Waals surface area contributed by atoms with E-state index in [4.69, 9.17) is 0 Å². The second-order valence-electron chi connectivity index (χ2n) is 7.35. The molecule has 2 amide bonds. The van der Waals surface area contributed by atoms with Crippen LogP contribution in [0.3, 0.4) is 0 Å². The molecule has 4 nitrogen and oxygen atoms in total. The molecule has 0 aliphatic carbocycles. The quantitative estimate of drug-likeness (QED) is 0.570. The Morgan fingerprint density at radius 1 is 1.00 bits per heavy atom. The van der Waals surface area contributed by atoms with Crippen LogP contribution in [-0.2, 0) is 16.1 Å². The summed E-state index contributed by atoms with van der Waals surface area (Å²) in [7, 11) is 0. The van der Waals surface area contributed by atoms with E-state index in [1.165, 1.54) is 17.3 Å². The van der Waals surface area contributed by atoms with Gasteiger partial charge in [-0.05, 0) is 44.4 Å². The molecule has 0 spiro atoms. The Kier molecular flexibility index (Phi) is 9.26. The van der Waals surface area contributed by atoms with E-state index in [0.29, 0.717) is 18.7 Å². The first kappa shape index (κ1) is 23.0. The zero-order chi connectivity index (χ0) is 21.2. The number of carbonyl (C=O) groups excluding carboxylic acids is 2. The molecule has 0 saturated heterocycles. The fourth-order valence-corrected chi connectivity index (χ4v) is 3.79.